The number of benzene rings is 2. The predicted octanol–water partition coefficient (Wildman–Crippen LogP) is 4.02. The molecule has 2 N–H and O–H groups in total. The van der Waals surface area contributed by atoms with Crippen LogP contribution in [0.4, 0.5) is 0 Å². The van der Waals surface area contributed by atoms with E-state index in [1.165, 1.54) is 0 Å². The van der Waals surface area contributed by atoms with Crippen molar-refractivity contribution in [3.05, 3.63) is 77.9 Å². The van der Waals surface area contributed by atoms with Crippen LogP contribution in [-0.4, -0.2) is 52.9 Å². The van der Waals surface area contributed by atoms with E-state index in [9.17, 15) is 9.90 Å². The molecule has 0 aromatic heterocycles. The van der Waals surface area contributed by atoms with Gasteiger partial charge in [0.2, 0.25) is 0 Å². The van der Waals surface area contributed by atoms with Gasteiger partial charge in [0.15, 0.2) is 6.23 Å². The van der Waals surface area contributed by atoms with Crippen LogP contribution >= 0.6 is 0 Å². The van der Waals surface area contributed by atoms with E-state index in [1.807, 2.05) is 66.7 Å². The summed E-state index contributed by atoms with van der Waals surface area (Å²) in [6.45, 7) is 0.969. The highest BCUT2D eigenvalue weighted by molar-refractivity contribution is 6.32. The summed E-state index contributed by atoms with van der Waals surface area (Å²) in [6.07, 6.45) is 5.19. The smallest absolute Gasteiger partial charge is 0.329 e. The van der Waals surface area contributed by atoms with E-state index in [1.54, 1.807) is 5.01 Å². The highest BCUT2D eigenvalue weighted by Gasteiger charge is 2.28. The van der Waals surface area contributed by atoms with Gasteiger partial charge in [0, 0.05) is 17.7 Å². The van der Waals surface area contributed by atoms with Gasteiger partial charge in [-0.25, -0.2) is 4.79 Å². The minimum Gasteiger partial charge on any atom is -0.480 e. The maximum absolute atomic E-state index is 10.9. The minimum atomic E-state index is -0.923. The molecule has 0 bridgehead atoms. The van der Waals surface area contributed by atoms with Gasteiger partial charge in [0.25, 0.3) is 0 Å². The van der Waals surface area contributed by atoms with Gasteiger partial charge in [-0.3, -0.25) is 5.01 Å². The molecule has 6 nitrogen and oxygen atoms in total. The minimum absolute atomic E-state index is 0.229. The maximum Gasteiger partial charge on any atom is 0.329 e. The van der Waals surface area contributed by atoms with Crippen molar-refractivity contribution >= 4 is 17.3 Å². The average molecular weight is 435 g/mol. The quantitative estimate of drug-likeness (QED) is 0.656. The summed E-state index contributed by atoms with van der Waals surface area (Å²) in [5.74, 6) is -0.0783. The van der Waals surface area contributed by atoms with Gasteiger partial charge >= 0.3 is 5.97 Å². The van der Waals surface area contributed by atoms with Crippen molar-refractivity contribution in [2.45, 2.75) is 31.9 Å². The highest BCUT2D eigenvalue weighted by atomic mass is 16.5. The first kappa shape index (κ1) is 22.2. The van der Waals surface area contributed by atoms with Gasteiger partial charge in [-0.2, -0.15) is 5.10 Å². The number of ether oxygens (including phenoxy) is 1. The molecule has 2 aliphatic rings. The van der Waals surface area contributed by atoms with Gasteiger partial charge in [0.1, 0.15) is 6.61 Å². The Bertz CT molecular complexity index is 950. The lowest BCUT2D eigenvalue weighted by molar-refractivity contribution is -0.142. The average Bonchev–Trinajstić information content (AvgIpc) is 2.82. The molecule has 6 heteroatoms. The standard InChI is InChI=1S/C26H30N2O4/c29-24-15-23(21-7-3-1-4-8-21)26(22-9-5-2-6-10-22)27-28(24)16-19-11-13-20(14-12-19)17-32-18-25(30)31/h1-10,15,19-20,24,29H,11-14,16-18H2,(H,30,31). The topological polar surface area (TPSA) is 82.4 Å². The predicted molar refractivity (Wildman–Crippen MR) is 124 cm³/mol. The molecule has 4 rings (SSSR count). The van der Waals surface area contributed by atoms with E-state index in [0.29, 0.717) is 25.0 Å². The van der Waals surface area contributed by atoms with Crippen LogP contribution in [0.15, 0.2) is 71.8 Å². The SMILES string of the molecule is O=C(O)COCC1CCC(CN2N=C(c3ccccc3)C(c3ccccc3)=CC2O)CC1. The summed E-state index contributed by atoms with van der Waals surface area (Å²) in [5, 5.41) is 26.3. The lowest BCUT2D eigenvalue weighted by Gasteiger charge is -2.35. The molecule has 0 saturated heterocycles. The fourth-order valence-corrected chi connectivity index (χ4v) is 4.52. The zero-order chi connectivity index (χ0) is 22.3. The van der Waals surface area contributed by atoms with Crippen LogP contribution in [0, 0.1) is 11.8 Å². The number of rotatable bonds is 8. The van der Waals surface area contributed by atoms with E-state index in [0.717, 1.165) is 48.1 Å². The van der Waals surface area contributed by atoms with Crippen LogP contribution in [-0.2, 0) is 9.53 Å². The van der Waals surface area contributed by atoms with Crippen molar-refractivity contribution in [2.24, 2.45) is 16.9 Å². The molecule has 168 valence electrons. The van der Waals surface area contributed by atoms with E-state index in [4.69, 9.17) is 14.9 Å². The highest BCUT2D eigenvalue weighted by Crippen LogP contribution is 2.32. The van der Waals surface area contributed by atoms with Crippen molar-refractivity contribution in [1.29, 1.82) is 0 Å². The van der Waals surface area contributed by atoms with Crippen LogP contribution in [0.1, 0.15) is 36.8 Å². The van der Waals surface area contributed by atoms with Crippen LogP contribution in [0.5, 0.6) is 0 Å². The number of hydrazone groups is 1. The third-order valence-corrected chi connectivity index (χ3v) is 6.23. The van der Waals surface area contributed by atoms with Gasteiger partial charge in [-0.1, -0.05) is 60.7 Å². The molecule has 1 saturated carbocycles. The number of allylic oxidation sites excluding steroid dienone is 1. The normalized spacial score (nSPS) is 23.4. The van der Waals surface area contributed by atoms with Gasteiger partial charge < -0.3 is 14.9 Å². The van der Waals surface area contributed by atoms with Crippen molar-refractivity contribution in [2.75, 3.05) is 19.8 Å². The van der Waals surface area contributed by atoms with Gasteiger partial charge in [-0.05, 0) is 49.2 Å². The number of hydrogen-bond acceptors (Lipinski definition) is 5. The number of aliphatic hydroxyl groups excluding tert-OH is 1. The number of carboxylic acid groups (broad SMARTS) is 1. The van der Waals surface area contributed by atoms with E-state index in [2.05, 4.69) is 0 Å². The Hall–Kier alpha value is -2.96. The maximum atomic E-state index is 10.9. The van der Waals surface area contributed by atoms with E-state index < -0.39 is 12.2 Å². The first-order valence-electron chi connectivity index (χ1n) is 11.3. The molecule has 1 heterocycles. The third-order valence-electron chi connectivity index (χ3n) is 6.23. The number of carbonyl (C=O) groups is 1. The Morgan fingerprint density at radius 1 is 0.938 bits per heavy atom. The van der Waals surface area contributed by atoms with Crippen molar-refractivity contribution in [3.63, 3.8) is 0 Å². The molecule has 1 fully saturated rings. The monoisotopic (exact) mass is 434 g/mol. The van der Waals surface area contributed by atoms with Gasteiger partial charge in [0.05, 0.1) is 12.3 Å². The molecule has 0 spiro atoms. The molecule has 0 radical (unpaired) electrons. The summed E-state index contributed by atoms with van der Waals surface area (Å²) in [6, 6.07) is 20.2. The fraction of sp³-hybridized carbons (Fsp3) is 0.385. The van der Waals surface area contributed by atoms with Crippen molar-refractivity contribution in [1.82, 2.24) is 5.01 Å². The molecule has 1 aliphatic carbocycles. The fourth-order valence-electron chi connectivity index (χ4n) is 4.52. The largest absolute Gasteiger partial charge is 0.480 e. The Morgan fingerprint density at radius 2 is 1.53 bits per heavy atom. The molecule has 2 aromatic carbocycles. The zero-order valence-corrected chi connectivity index (χ0v) is 18.1. The molecule has 2 aromatic rings. The summed E-state index contributed by atoms with van der Waals surface area (Å²) >= 11 is 0. The van der Waals surface area contributed by atoms with Crippen molar-refractivity contribution in [3.8, 4) is 0 Å². The number of nitrogens with zero attached hydrogens (tertiary/aromatic N) is 2. The summed E-state index contributed by atoms with van der Waals surface area (Å²) in [5.41, 5.74) is 3.88. The number of carboxylic acids is 1. The molecular weight excluding hydrogens is 404 g/mol. The van der Waals surface area contributed by atoms with Crippen LogP contribution in [0.2, 0.25) is 0 Å². The van der Waals surface area contributed by atoms with Gasteiger partial charge in [-0.15, -0.1) is 0 Å². The second kappa shape index (κ2) is 10.6. The lowest BCUT2D eigenvalue weighted by atomic mass is 9.82. The first-order chi connectivity index (χ1) is 15.6. The lowest BCUT2D eigenvalue weighted by Crippen LogP contribution is -2.38. The Balaban J connectivity index is 1.44. The number of aliphatic hydroxyl groups is 1. The molecular formula is C26H30N2O4. The van der Waals surface area contributed by atoms with Crippen LogP contribution < -0.4 is 0 Å². The molecule has 1 unspecified atom stereocenters. The summed E-state index contributed by atoms with van der Waals surface area (Å²) in [7, 11) is 0. The second-order valence-corrected chi connectivity index (χ2v) is 8.59. The molecule has 1 aliphatic heterocycles. The Kier molecular flexibility index (Phi) is 7.35. The molecule has 32 heavy (non-hydrogen) atoms. The summed E-state index contributed by atoms with van der Waals surface area (Å²) < 4.78 is 5.27. The second-order valence-electron chi connectivity index (χ2n) is 8.59. The zero-order valence-electron chi connectivity index (χ0n) is 18.1. The Morgan fingerprint density at radius 3 is 2.16 bits per heavy atom. The Labute approximate surface area is 188 Å². The van der Waals surface area contributed by atoms with E-state index >= 15 is 0 Å². The first-order valence-corrected chi connectivity index (χ1v) is 11.3. The van der Waals surface area contributed by atoms with Crippen molar-refractivity contribution < 1.29 is 19.7 Å². The number of aliphatic carboxylic acids is 1. The van der Waals surface area contributed by atoms with Crippen LogP contribution in [0.3, 0.4) is 0 Å². The molecule has 0 amide bonds. The summed E-state index contributed by atoms with van der Waals surface area (Å²) in [4.78, 5) is 10.6. The van der Waals surface area contributed by atoms with E-state index in [-0.39, 0.29) is 6.61 Å². The third kappa shape index (κ3) is 5.64. The number of hydrogen-bond donors (Lipinski definition) is 2. The van der Waals surface area contributed by atoms with Crippen LogP contribution in [0.25, 0.3) is 5.57 Å². The molecule has 1 atom stereocenters.